The first-order valence-electron chi connectivity index (χ1n) is 8.07. The number of esters is 1. The van der Waals surface area contributed by atoms with Crippen molar-refractivity contribution in [3.05, 3.63) is 29.8 Å². The first-order chi connectivity index (χ1) is 11.1. The van der Waals surface area contributed by atoms with Gasteiger partial charge >= 0.3 is 11.9 Å². The molecular formula is C17H21N2O4+. The number of hydrogen-bond acceptors (Lipinski definition) is 4. The number of para-hydroxylation sites is 1. The van der Waals surface area contributed by atoms with Gasteiger partial charge in [0.15, 0.2) is 6.67 Å². The second-order valence-electron chi connectivity index (χ2n) is 6.03. The Morgan fingerprint density at radius 2 is 2.13 bits per heavy atom. The summed E-state index contributed by atoms with van der Waals surface area (Å²) in [4.78, 5) is 38.9. The van der Waals surface area contributed by atoms with Crippen molar-refractivity contribution >= 4 is 23.3 Å². The Morgan fingerprint density at radius 3 is 2.91 bits per heavy atom. The molecule has 0 saturated carbocycles. The van der Waals surface area contributed by atoms with Crippen molar-refractivity contribution < 1.29 is 24.0 Å². The zero-order valence-corrected chi connectivity index (χ0v) is 13.2. The van der Waals surface area contributed by atoms with Gasteiger partial charge in [0, 0.05) is 0 Å². The lowest BCUT2D eigenvalue weighted by Crippen LogP contribution is -3.15. The number of carbonyl (C=O) groups excluding carboxylic acids is 3. The van der Waals surface area contributed by atoms with Gasteiger partial charge in [-0.3, -0.25) is 19.3 Å². The lowest BCUT2D eigenvalue weighted by molar-refractivity contribution is -0.906. The molecule has 1 aromatic carbocycles. The molecule has 0 aromatic heterocycles. The minimum Gasteiger partial charge on any atom is -0.466 e. The molecule has 0 bridgehead atoms. The monoisotopic (exact) mass is 317 g/mol. The lowest BCUT2D eigenvalue weighted by atomic mass is 9.98. The van der Waals surface area contributed by atoms with E-state index in [1.165, 1.54) is 0 Å². The van der Waals surface area contributed by atoms with E-state index in [9.17, 15) is 14.4 Å². The van der Waals surface area contributed by atoms with E-state index in [2.05, 4.69) is 0 Å². The maximum absolute atomic E-state index is 12.2. The van der Waals surface area contributed by atoms with Gasteiger partial charge in [-0.2, -0.15) is 0 Å². The molecule has 2 atom stereocenters. The highest BCUT2D eigenvalue weighted by Crippen LogP contribution is 2.27. The van der Waals surface area contributed by atoms with Gasteiger partial charge in [-0.05, 0) is 31.9 Å². The fraction of sp³-hybridized carbons (Fsp3) is 0.471. The molecule has 1 fully saturated rings. The predicted molar refractivity (Wildman–Crippen MR) is 83.2 cm³/mol. The van der Waals surface area contributed by atoms with Crippen molar-refractivity contribution in [1.29, 1.82) is 0 Å². The normalized spacial score (nSPS) is 23.8. The molecule has 2 aliphatic heterocycles. The van der Waals surface area contributed by atoms with Gasteiger partial charge in [-0.25, -0.2) is 0 Å². The highest BCUT2D eigenvalue weighted by molar-refractivity contribution is 6.52. The molecule has 1 unspecified atom stereocenters. The van der Waals surface area contributed by atoms with Gasteiger partial charge in [0.1, 0.15) is 5.92 Å². The summed E-state index contributed by atoms with van der Waals surface area (Å²) < 4.78 is 5.11. The van der Waals surface area contributed by atoms with Crippen molar-refractivity contribution in [3.63, 3.8) is 0 Å². The Kier molecular flexibility index (Phi) is 4.43. The zero-order valence-electron chi connectivity index (χ0n) is 13.2. The number of anilines is 1. The Balaban J connectivity index is 1.71. The minimum absolute atomic E-state index is 0.123. The maximum Gasteiger partial charge on any atom is 0.314 e. The molecule has 2 aliphatic rings. The van der Waals surface area contributed by atoms with Crippen molar-refractivity contribution in [3.8, 4) is 0 Å². The Morgan fingerprint density at radius 1 is 1.35 bits per heavy atom. The summed E-state index contributed by atoms with van der Waals surface area (Å²) >= 11 is 0. The molecule has 1 aromatic rings. The Labute approximate surface area is 135 Å². The molecule has 6 heteroatoms. The third-order valence-electron chi connectivity index (χ3n) is 4.50. The lowest BCUT2D eigenvalue weighted by Gasteiger charge is -2.31. The summed E-state index contributed by atoms with van der Waals surface area (Å²) in [6.45, 7) is 4.13. The number of quaternary nitrogens is 1. The van der Waals surface area contributed by atoms with E-state index in [1.807, 2.05) is 6.07 Å². The van der Waals surface area contributed by atoms with Crippen LogP contribution >= 0.6 is 0 Å². The second kappa shape index (κ2) is 6.50. The van der Waals surface area contributed by atoms with Crippen LogP contribution in [0.25, 0.3) is 0 Å². The van der Waals surface area contributed by atoms with Crippen LogP contribution in [-0.4, -0.2) is 44.0 Å². The van der Waals surface area contributed by atoms with Gasteiger partial charge in [-0.15, -0.1) is 0 Å². The van der Waals surface area contributed by atoms with Gasteiger partial charge < -0.3 is 9.64 Å². The maximum atomic E-state index is 12.2. The molecule has 1 amide bonds. The number of hydrogen-bond donors (Lipinski definition) is 1. The van der Waals surface area contributed by atoms with Crippen LogP contribution in [0.2, 0.25) is 0 Å². The van der Waals surface area contributed by atoms with Crippen LogP contribution in [0, 0.1) is 5.92 Å². The molecule has 0 radical (unpaired) electrons. The number of Topliss-reactive ketones (excluding diaryl/α,β-unsaturated/α-hetero) is 1. The molecular weight excluding hydrogens is 296 g/mol. The third-order valence-corrected chi connectivity index (χ3v) is 4.50. The van der Waals surface area contributed by atoms with Crippen molar-refractivity contribution in [1.82, 2.24) is 0 Å². The molecule has 3 rings (SSSR count). The predicted octanol–water partition coefficient (Wildman–Crippen LogP) is 0.0314. The van der Waals surface area contributed by atoms with Crippen LogP contribution in [0.1, 0.15) is 30.1 Å². The fourth-order valence-electron chi connectivity index (χ4n) is 3.38. The highest BCUT2D eigenvalue weighted by Gasteiger charge is 2.39. The number of carbonyl (C=O) groups is 3. The van der Waals surface area contributed by atoms with E-state index in [1.54, 1.807) is 30.0 Å². The molecule has 1 N–H and O–H groups in total. The van der Waals surface area contributed by atoms with Gasteiger partial charge in [0.05, 0.1) is 30.9 Å². The SMILES string of the molecule is CCOC(=O)[C@H]1CCC[NH+](CN2C(=O)C(=O)c3ccccc32)C1. The van der Waals surface area contributed by atoms with Crippen molar-refractivity contribution in [2.75, 3.05) is 31.3 Å². The minimum atomic E-state index is -0.475. The van der Waals surface area contributed by atoms with E-state index in [4.69, 9.17) is 4.74 Å². The Hall–Kier alpha value is -2.21. The molecule has 2 heterocycles. The van der Waals surface area contributed by atoms with E-state index in [0.29, 0.717) is 31.1 Å². The fourth-order valence-corrected chi connectivity index (χ4v) is 3.38. The van der Waals surface area contributed by atoms with E-state index < -0.39 is 11.7 Å². The molecule has 122 valence electrons. The standard InChI is InChI=1S/C17H20N2O4/c1-2-23-17(22)12-6-5-9-18(10-12)11-19-14-8-4-3-7-13(14)15(20)16(19)21/h3-4,7-8,12H,2,5-6,9-11H2,1H3/p+1/t12-/m0/s1. The van der Waals surface area contributed by atoms with E-state index >= 15 is 0 Å². The number of ketones is 1. The number of nitrogens with one attached hydrogen (secondary N) is 1. The van der Waals surface area contributed by atoms with Crippen LogP contribution in [0.4, 0.5) is 5.69 Å². The first-order valence-corrected chi connectivity index (χ1v) is 8.07. The Bertz CT molecular complexity index is 643. The van der Waals surface area contributed by atoms with Crippen LogP contribution in [0.5, 0.6) is 0 Å². The molecule has 0 spiro atoms. The second-order valence-corrected chi connectivity index (χ2v) is 6.03. The summed E-state index contributed by atoms with van der Waals surface area (Å²) in [5.74, 6) is -1.20. The summed E-state index contributed by atoms with van der Waals surface area (Å²) in [6.07, 6.45) is 1.74. The van der Waals surface area contributed by atoms with Gasteiger partial charge in [0.2, 0.25) is 0 Å². The van der Waals surface area contributed by atoms with E-state index in [0.717, 1.165) is 24.3 Å². The summed E-state index contributed by atoms with van der Waals surface area (Å²) in [5.41, 5.74) is 1.14. The number of likely N-dealkylation sites (tertiary alicyclic amines) is 1. The summed E-state index contributed by atoms with van der Waals surface area (Å²) in [5, 5.41) is 0. The summed E-state index contributed by atoms with van der Waals surface area (Å²) in [6, 6.07) is 7.07. The zero-order chi connectivity index (χ0) is 16.4. The van der Waals surface area contributed by atoms with Crippen LogP contribution in [0.15, 0.2) is 24.3 Å². The third kappa shape index (κ3) is 2.99. The summed E-state index contributed by atoms with van der Waals surface area (Å²) in [7, 11) is 0. The van der Waals surface area contributed by atoms with E-state index in [-0.39, 0.29) is 11.9 Å². The van der Waals surface area contributed by atoms with Crippen LogP contribution < -0.4 is 9.80 Å². The number of piperidine rings is 1. The van der Waals surface area contributed by atoms with Crippen LogP contribution in [-0.2, 0) is 14.3 Å². The van der Waals surface area contributed by atoms with Crippen LogP contribution in [0.3, 0.4) is 0 Å². The number of amides is 1. The quantitative estimate of drug-likeness (QED) is 0.628. The number of ether oxygens (including phenoxy) is 1. The smallest absolute Gasteiger partial charge is 0.314 e. The topological polar surface area (TPSA) is 68.1 Å². The number of rotatable bonds is 4. The number of benzene rings is 1. The van der Waals surface area contributed by atoms with Crippen molar-refractivity contribution in [2.24, 2.45) is 5.92 Å². The average molecular weight is 317 g/mol. The average Bonchev–Trinajstić information content (AvgIpc) is 2.81. The first kappa shape index (κ1) is 15.7. The largest absolute Gasteiger partial charge is 0.466 e. The van der Waals surface area contributed by atoms with Gasteiger partial charge in [-0.1, -0.05) is 12.1 Å². The van der Waals surface area contributed by atoms with Crippen molar-refractivity contribution in [2.45, 2.75) is 19.8 Å². The highest BCUT2D eigenvalue weighted by atomic mass is 16.5. The van der Waals surface area contributed by atoms with Gasteiger partial charge in [0.25, 0.3) is 5.78 Å². The number of nitrogens with zero attached hydrogens (tertiary/aromatic N) is 1. The molecule has 0 aliphatic carbocycles. The molecule has 23 heavy (non-hydrogen) atoms. The molecule has 6 nitrogen and oxygen atoms in total. The number of fused-ring (bicyclic) bond motifs is 1. The molecule has 1 saturated heterocycles.